The first-order valence-electron chi connectivity index (χ1n) is 9.09. The molecule has 1 aliphatic rings. The normalized spacial score (nSPS) is 15.3. The minimum Gasteiger partial charge on any atom is -0.487 e. The van der Waals surface area contributed by atoms with Crippen LogP contribution in [0.1, 0.15) is 21.7 Å². The van der Waals surface area contributed by atoms with Crippen molar-refractivity contribution in [2.24, 2.45) is 0 Å². The molecule has 1 N–H and O–H groups in total. The number of nitrogens with one attached hydrogen (secondary N) is 1. The summed E-state index contributed by atoms with van der Waals surface area (Å²) in [6, 6.07) is 8.72. The Morgan fingerprint density at radius 2 is 2.00 bits per heavy atom. The van der Waals surface area contributed by atoms with Crippen LogP contribution in [-0.2, 0) is 10.0 Å². The summed E-state index contributed by atoms with van der Waals surface area (Å²) in [5.74, 6) is 1.28. The Balaban J connectivity index is 1.59. The molecular formula is C20H21N3O5S. The van der Waals surface area contributed by atoms with Crippen molar-refractivity contribution < 1.29 is 22.4 Å². The number of sulfonamides is 1. The van der Waals surface area contributed by atoms with Gasteiger partial charge >= 0.3 is 0 Å². The molecule has 0 unspecified atom stereocenters. The summed E-state index contributed by atoms with van der Waals surface area (Å²) < 4.78 is 36.2. The number of fused-ring (bicyclic) bond motifs is 1. The van der Waals surface area contributed by atoms with Crippen LogP contribution in [0.5, 0.6) is 5.75 Å². The van der Waals surface area contributed by atoms with Gasteiger partial charge in [0.2, 0.25) is 10.0 Å². The maximum atomic E-state index is 12.7. The molecule has 4 rings (SSSR count). The van der Waals surface area contributed by atoms with Crippen LogP contribution in [0.3, 0.4) is 0 Å². The number of ether oxygens (including phenoxy) is 1. The molecule has 1 amide bonds. The van der Waals surface area contributed by atoms with E-state index >= 15 is 0 Å². The standard InChI is InChI=1S/C20H21N3O5S/c1-12-4-5-19(21-9-12)22-20(24)14-7-17-16(6-13(2)27-17)18(8-14)28-15-10-23(11-15)29(3,25)26/h4-9,15H,10-11H2,1-3H3,(H,21,22,24). The van der Waals surface area contributed by atoms with Crippen molar-refractivity contribution in [1.29, 1.82) is 0 Å². The van der Waals surface area contributed by atoms with Gasteiger partial charge in [0.1, 0.15) is 29.0 Å². The van der Waals surface area contributed by atoms with Crippen LogP contribution in [0, 0.1) is 13.8 Å². The first kappa shape index (κ1) is 19.4. The molecule has 3 heterocycles. The molecule has 1 saturated heterocycles. The Morgan fingerprint density at radius 3 is 2.66 bits per heavy atom. The lowest BCUT2D eigenvalue weighted by molar-refractivity contribution is 0.0779. The summed E-state index contributed by atoms with van der Waals surface area (Å²) in [5.41, 5.74) is 1.89. The van der Waals surface area contributed by atoms with Crippen LogP contribution in [-0.4, -0.2) is 49.1 Å². The predicted octanol–water partition coefficient (Wildman–Crippen LogP) is 2.72. The topological polar surface area (TPSA) is 102 Å². The molecule has 0 saturated carbocycles. The van der Waals surface area contributed by atoms with Crippen LogP contribution >= 0.6 is 0 Å². The van der Waals surface area contributed by atoms with E-state index in [-0.39, 0.29) is 25.1 Å². The maximum absolute atomic E-state index is 12.7. The Hall–Kier alpha value is -2.91. The van der Waals surface area contributed by atoms with Crippen LogP contribution in [0.4, 0.5) is 5.82 Å². The van der Waals surface area contributed by atoms with Crippen molar-refractivity contribution in [2.75, 3.05) is 24.7 Å². The molecule has 1 aliphatic heterocycles. The number of aromatic nitrogens is 1. The number of rotatable bonds is 5. The number of anilines is 1. The van der Waals surface area contributed by atoms with Crippen LogP contribution < -0.4 is 10.1 Å². The highest BCUT2D eigenvalue weighted by molar-refractivity contribution is 7.88. The fourth-order valence-corrected chi connectivity index (χ4v) is 3.99. The Morgan fingerprint density at radius 1 is 1.24 bits per heavy atom. The molecule has 0 aliphatic carbocycles. The summed E-state index contributed by atoms with van der Waals surface area (Å²) in [7, 11) is -3.23. The maximum Gasteiger partial charge on any atom is 0.257 e. The number of hydrogen-bond acceptors (Lipinski definition) is 6. The molecule has 3 aromatic rings. The van der Waals surface area contributed by atoms with E-state index in [0.717, 1.165) is 10.9 Å². The van der Waals surface area contributed by atoms with E-state index < -0.39 is 10.0 Å². The summed E-state index contributed by atoms with van der Waals surface area (Å²) >= 11 is 0. The molecule has 8 nitrogen and oxygen atoms in total. The SMILES string of the molecule is Cc1ccc(NC(=O)c2cc(OC3CN(S(C)(=O)=O)C3)c3cc(C)oc3c2)nc1. The van der Waals surface area contributed by atoms with Crippen LogP contribution in [0.15, 0.2) is 40.9 Å². The van der Waals surface area contributed by atoms with Gasteiger partial charge in [-0.3, -0.25) is 4.79 Å². The molecular weight excluding hydrogens is 394 g/mol. The van der Waals surface area contributed by atoms with Crippen LogP contribution in [0.2, 0.25) is 0 Å². The van der Waals surface area contributed by atoms with Gasteiger partial charge in [-0.05, 0) is 43.7 Å². The third-order valence-corrected chi connectivity index (χ3v) is 5.95. The summed E-state index contributed by atoms with van der Waals surface area (Å²) in [4.78, 5) is 16.9. The molecule has 0 spiro atoms. The second kappa shape index (κ2) is 7.16. The lowest BCUT2D eigenvalue weighted by atomic mass is 10.1. The third kappa shape index (κ3) is 4.10. The van der Waals surface area contributed by atoms with Crippen LogP contribution in [0.25, 0.3) is 11.0 Å². The molecule has 9 heteroatoms. The van der Waals surface area contributed by atoms with Gasteiger partial charge in [-0.2, -0.15) is 4.31 Å². The van der Waals surface area contributed by atoms with Gasteiger partial charge in [0, 0.05) is 11.8 Å². The van der Waals surface area contributed by atoms with E-state index in [2.05, 4.69) is 10.3 Å². The number of hydrogen-bond donors (Lipinski definition) is 1. The fourth-order valence-electron chi connectivity index (χ4n) is 3.12. The van der Waals surface area contributed by atoms with Gasteiger partial charge in [-0.25, -0.2) is 13.4 Å². The minimum atomic E-state index is -3.23. The van der Waals surface area contributed by atoms with Crippen molar-refractivity contribution in [3.63, 3.8) is 0 Å². The van der Waals surface area contributed by atoms with Crippen molar-refractivity contribution in [3.05, 3.63) is 53.4 Å². The van der Waals surface area contributed by atoms with E-state index in [0.29, 0.717) is 28.5 Å². The molecule has 152 valence electrons. The van der Waals surface area contributed by atoms with Gasteiger partial charge in [0.05, 0.1) is 24.7 Å². The lowest BCUT2D eigenvalue weighted by Crippen LogP contribution is -2.55. The number of carbonyl (C=O) groups is 1. The number of carbonyl (C=O) groups excluding carboxylic acids is 1. The lowest BCUT2D eigenvalue weighted by Gasteiger charge is -2.37. The summed E-state index contributed by atoms with van der Waals surface area (Å²) in [6.45, 7) is 4.29. The Bertz CT molecular complexity index is 1180. The zero-order chi connectivity index (χ0) is 20.8. The molecule has 2 aromatic heterocycles. The molecule has 1 fully saturated rings. The molecule has 0 atom stereocenters. The van der Waals surface area contributed by atoms with Crippen molar-refractivity contribution in [3.8, 4) is 5.75 Å². The summed E-state index contributed by atoms with van der Waals surface area (Å²) in [6.07, 6.45) is 2.57. The Labute approximate surface area is 168 Å². The highest BCUT2D eigenvalue weighted by atomic mass is 32.2. The first-order valence-corrected chi connectivity index (χ1v) is 10.9. The van der Waals surface area contributed by atoms with E-state index in [1.165, 1.54) is 10.6 Å². The largest absolute Gasteiger partial charge is 0.487 e. The average molecular weight is 415 g/mol. The average Bonchev–Trinajstić information content (AvgIpc) is 2.98. The van der Waals surface area contributed by atoms with Gasteiger partial charge in [-0.15, -0.1) is 0 Å². The van der Waals surface area contributed by atoms with E-state index in [1.807, 2.05) is 26.0 Å². The van der Waals surface area contributed by atoms with E-state index in [4.69, 9.17) is 9.15 Å². The zero-order valence-corrected chi connectivity index (χ0v) is 17.1. The highest BCUT2D eigenvalue weighted by Gasteiger charge is 2.35. The first-order chi connectivity index (χ1) is 13.7. The van der Waals surface area contributed by atoms with E-state index in [1.54, 1.807) is 24.4 Å². The van der Waals surface area contributed by atoms with Gasteiger partial charge < -0.3 is 14.5 Å². The number of furan rings is 1. The molecule has 1 aromatic carbocycles. The second-order valence-electron chi connectivity index (χ2n) is 7.24. The second-order valence-corrected chi connectivity index (χ2v) is 9.22. The van der Waals surface area contributed by atoms with Crippen molar-refractivity contribution in [1.82, 2.24) is 9.29 Å². The third-order valence-electron chi connectivity index (χ3n) is 4.72. The number of aryl methyl sites for hydroxylation is 2. The molecule has 0 radical (unpaired) electrons. The molecule has 0 bridgehead atoms. The van der Waals surface area contributed by atoms with Gasteiger partial charge in [0.15, 0.2) is 0 Å². The molecule has 29 heavy (non-hydrogen) atoms. The quantitative estimate of drug-likeness (QED) is 0.688. The predicted molar refractivity (Wildman–Crippen MR) is 109 cm³/mol. The minimum absolute atomic E-state index is 0.278. The van der Waals surface area contributed by atoms with Crippen molar-refractivity contribution >= 4 is 32.7 Å². The summed E-state index contributed by atoms with van der Waals surface area (Å²) in [5, 5.41) is 3.50. The van der Waals surface area contributed by atoms with E-state index in [9.17, 15) is 13.2 Å². The number of pyridine rings is 1. The number of benzene rings is 1. The monoisotopic (exact) mass is 415 g/mol. The zero-order valence-electron chi connectivity index (χ0n) is 16.3. The van der Waals surface area contributed by atoms with Gasteiger partial charge in [-0.1, -0.05) is 6.07 Å². The Kier molecular flexibility index (Phi) is 4.79. The number of amides is 1. The smallest absolute Gasteiger partial charge is 0.257 e. The fraction of sp³-hybridized carbons (Fsp3) is 0.300. The highest BCUT2D eigenvalue weighted by Crippen LogP contribution is 2.33. The van der Waals surface area contributed by atoms with Gasteiger partial charge in [0.25, 0.3) is 5.91 Å². The van der Waals surface area contributed by atoms with Crippen molar-refractivity contribution in [2.45, 2.75) is 20.0 Å². The number of nitrogens with zero attached hydrogens (tertiary/aromatic N) is 2.